The average molecular weight is 593 g/mol. The summed E-state index contributed by atoms with van der Waals surface area (Å²) in [6, 6.07) is 13.1. The zero-order valence-electron chi connectivity index (χ0n) is 24.7. The molecule has 43 heavy (non-hydrogen) atoms. The van der Waals surface area contributed by atoms with Crippen LogP contribution in [0.5, 0.6) is 0 Å². The third-order valence-corrected chi connectivity index (χ3v) is 6.13. The summed E-state index contributed by atoms with van der Waals surface area (Å²) < 4.78 is 5.98. The zero-order valence-corrected chi connectivity index (χ0v) is 24.7. The third-order valence-electron chi connectivity index (χ3n) is 6.13. The number of hydrogen-bond acceptors (Lipinski definition) is 8. The van der Waals surface area contributed by atoms with Crippen LogP contribution in [0.25, 0.3) is 0 Å². The molecule has 2 aromatic carbocycles. The first-order chi connectivity index (χ1) is 20.5. The number of amides is 5. The molecule has 0 saturated carbocycles. The van der Waals surface area contributed by atoms with Gasteiger partial charge in [0.1, 0.15) is 19.7 Å². The van der Waals surface area contributed by atoms with Crippen molar-refractivity contribution in [1.29, 1.82) is 0 Å². The van der Waals surface area contributed by atoms with E-state index in [-0.39, 0.29) is 18.5 Å². The van der Waals surface area contributed by atoms with Crippen molar-refractivity contribution in [3.05, 3.63) is 60.7 Å². The molecule has 1 aliphatic heterocycles. The molecular formula is C30H38N7O6+. The van der Waals surface area contributed by atoms with Crippen molar-refractivity contribution in [3.63, 3.8) is 0 Å². The predicted molar refractivity (Wildman–Crippen MR) is 161 cm³/mol. The van der Waals surface area contributed by atoms with Gasteiger partial charge in [-0.05, 0) is 61.4 Å². The first-order valence-corrected chi connectivity index (χ1v) is 13.9. The number of quaternary nitrogens is 1. The number of urea groups is 1. The quantitative estimate of drug-likeness (QED) is 0.0936. The molecule has 2 aromatic rings. The number of likely N-dealkylation sites (N-methyl/N-ethyl adjacent to an activating group) is 1. The highest BCUT2D eigenvalue weighted by Crippen LogP contribution is 2.22. The molecule has 13 nitrogen and oxygen atoms in total. The van der Waals surface area contributed by atoms with E-state index >= 15 is 0 Å². The molecular weight excluding hydrogens is 554 g/mol. The standard InChI is InChI=1S/C30H37N7O6/c1-37(2,3)19-20-43-29(41)7-5-4-6-18-31-30(42)33-23-10-14-25(15-11-23)35-34-24-12-8-22(9-13-24)32-26(38)21-36-27(39)16-17-28(36)40/h8-17H,4-7,18-21H2,1-3H3,(H2-,31,32,33,34,35,38,39,40,42)/p+1. The van der Waals surface area contributed by atoms with Gasteiger partial charge in [0, 0.05) is 36.5 Å². The van der Waals surface area contributed by atoms with Gasteiger partial charge in [-0.3, -0.25) is 24.1 Å². The molecule has 0 radical (unpaired) electrons. The van der Waals surface area contributed by atoms with Crippen LogP contribution in [0.1, 0.15) is 25.7 Å². The van der Waals surface area contributed by atoms with Gasteiger partial charge in [-0.2, -0.15) is 10.2 Å². The van der Waals surface area contributed by atoms with Crippen molar-refractivity contribution in [1.82, 2.24) is 10.2 Å². The molecule has 5 amide bonds. The summed E-state index contributed by atoms with van der Waals surface area (Å²) in [4.78, 5) is 60.1. The number of carbonyl (C=O) groups is 5. The lowest BCUT2D eigenvalue weighted by molar-refractivity contribution is -0.870. The number of benzene rings is 2. The lowest BCUT2D eigenvalue weighted by Gasteiger charge is -2.23. The summed E-state index contributed by atoms with van der Waals surface area (Å²) >= 11 is 0. The number of ether oxygens (including phenoxy) is 1. The third kappa shape index (κ3) is 12.2. The minimum atomic E-state index is -0.520. The summed E-state index contributed by atoms with van der Waals surface area (Å²) in [5.41, 5.74) is 2.20. The van der Waals surface area contributed by atoms with Crippen LogP contribution in [0.4, 0.5) is 27.5 Å². The van der Waals surface area contributed by atoms with E-state index in [1.807, 2.05) is 21.1 Å². The number of unbranched alkanes of at least 4 members (excludes halogenated alkanes) is 2. The van der Waals surface area contributed by atoms with Gasteiger partial charge < -0.3 is 25.2 Å². The molecule has 0 spiro atoms. The SMILES string of the molecule is C[N+](C)(C)CCOC(=O)CCCCCNC(=O)Nc1ccc(N=Nc2ccc(NC(=O)CN3C(=O)C=CC3=O)cc2)cc1. The van der Waals surface area contributed by atoms with Gasteiger partial charge in [0.15, 0.2) is 0 Å². The summed E-state index contributed by atoms with van der Waals surface area (Å²) in [6.07, 6.45) is 4.90. The number of esters is 1. The summed E-state index contributed by atoms with van der Waals surface area (Å²) in [5.74, 6) is -1.72. The van der Waals surface area contributed by atoms with E-state index in [1.165, 1.54) is 0 Å². The van der Waals surface area contributed by atoms with Crippen molar-refractivity contribution in [2.75, 3.05) is 58.0 Å². The van der Waals surface area contributed by atoms with Crippen LogP contribution in [0.3, 0.4) is 0 Å². The number of hydrogen-bond donors (Lipinski definition) is 3. The predicted octanol–water partition coefficient (Wildman–Crippen LogP) is 3.90. The van der Waals surface area contributed by atoms with Crippen LogP contribution in [-0.4, -0.2) is 86.5 Å². The summed E-state index contributed by atoms with van der Waals surface area (Å²) in [5, 5.41) is 16.5. The highest BCUT2D eigenvalue weighted by Gasteiger charge is 2.25. The van der Waals surface area contributed by atoms with E-state index < -0.39 is 17.7 Å². The molecule has 13 heteroatoms. The Hall–Kier alpha value is -4.91. The van der Waals surface area contributed by atoms with Crippen molar-refractivity contribution in [3.8, 4) is 0 Å². The Morgan fingerprint density at radius 2 is 1.35 bits per heavy atom. The van der Waals surface area contributed by atoms with Gasteiger partial charge in [-0.1, -0.05) is 6.42 Å². The molecule has 0 unspecified atom stereocenters. The number of nitrogens with one attached hydrogen (secondary N) is 3. The molecule has 228 valence electrons. The fraction of sp³-hybridized carbons (Fsp3) is 0.367. The summed E-state index contributed by atoms with van der Waals surface area (Å²) in [6.45, 7) is 1.31. The molecule has 0 aromatic heterocycles. The van der Waals surface area contributed by atoms with Crippen LogP contribution in [-0.2, 0) is 23.9 Å². The zero-order chi connectivity index (χ0) is 31.2. The maximum atomic E-state index is 12.2. The molecule has 1 aliphatic rings. The Bertz CT molecular complexity index is 1330. The second-order valence-corrected chi connectivity index (χ2v) is 10.9. The Kier molecular flexibility index (Phi) is 12.1. The maximum Gasteiger partial charge on any atom is 0.319 e. The monoisotopic (exact) mass is 592 g/mol. The number of imide groups is 1. The highest BCUT2D eigenvalue weighted by atomic mass is 16.5. The minimum Gasteiger partial charge on any atom is -0.460 e. The number of carbonyl (C=O) groups excluding carboxylic acids is 5. The molecule has 0 atom stereocenters. The van der Waals surface area contributed by atoms with E-state index in [2.05, 4.69) is 26.2 Å². The smallest absolute Gasteiger partial charge is 0.319 e. The topological polar surface area (TPSA) is 159 Å². The molecule has 0 fully saturated rings. The van der Waals surface area contributed by atoms with Gasteiger partial charge >= 0.3 is 12.0 Å². The normalized spacial score (nSPS) is 13.0. The lowest BCUT2D eigenvalue weighted by atomic mass is 10.2. The van der Waals surface area contributed by atoms with E-state index in [0.717, 1.165) is 40.9 Å². The van der Waals surface area contributed by atoms with Crippen LogP contribution in [0, 0.1) is 0 Å². The Morgan fingerprint density at radius 3 is 1.91 bits per heavy atom. The van der Waals surface area contributed by atoms with Crippen LogP contribution >= 0.6 is 0 Å². The second-order valence-electron chi connectivity index (χ2n) is 10.9. The van der Waals surface area contributed by atoms with Gasteiger partial charge in [-0.25, -0.2) is 4.79 Å². The Labute approximate surface area is 250 Å². The first-order valence-electron chi connectivity index (χ1n) is 13.9. The summed E-state index contributed by atoms with van der Waals surface area (Å²) in [7, 11) is 6.13. The van der Waals surface area contributed by atoms with Crippen molar-refractivity contribution >= 4 is 52.5 Å². The van der Waals surface area contributed by atoms with Gasteiger partial charge in [-0.15, -0.1) is 0 Å². The van der Waals surface area contributed by atoms with E-state index in [1.54, 1.807) is 48.5 Å². The molecule has 3 N–H and O–H groups in total. The largest absolute Gasteiger partial charge is 0.460 e. The molecule has 0 saturated heterocycles. The molecule has 0 aliphatic carbocycles. The van der Waals surface area contributed by atoms with E-state index in [9.17, 15) is 24.0 Å². The maximum absolute atomic E-state index is 12.2. The fourth-order valence-electron chi connectivity index (χ4n) is 3.72. The number of anilines is 2. The number of azo groups is 1. The van der Waals surface area contributed by atoms with Crippen LogP contribution in [0.15, 0.2) is 70.9 Å². The second kappa shape index (κ2) is 15.9. The Balaban J connectivity index is 1.31. The highest BCUT2D eigenvalue weighted by molar-refractivity contribution is 6.15. The van der Waals surface area contributed by atoms with Gasteiger partial charge in [0.2, 0.25) is 5.91 Å². The first kappa shape index (κ1) is 32.6. The van der Waals surface area contributed by atoms with Crippen molar-refractivity contribution in [2.45, 2.75) is 25.7 Å². The van der Waals surface area contributed by atoms with Crippen molar-refractivity contribution in [2.24, 2.45) is 10.2 Å². The lowest BCUT2D eigenvalue weighted by Crippen LogP contribution is -2.38. The van der Waals surface area contributed by atoms with Crippen LogP contribution in [0.2, 0.25) is 0 Å². The molecule has 0 bridgehead atoms. The molecule has 1 heterocycles. The number of nitrogens with zero attached hydrogens (tertiary/aromatic N) is 4. The fourth-order valence-corrected chi connectivity index (χ4v) is 3.72. The Morgan fingerprint density at radius 1 is 0.791 bits per heavy atom. The van der Waals surface area contributed by atoms with E-state index in [0.29, 0.717) is 48.7 Å². The molecule has 3 rings (SSSR count). The number of rotatable bonds is 15. The van der Waals surface area contributed by atoms with Crippen LogP contribution < -0.4 is 16.0 Å². The van der Waals surface area contributed by atoms with Gasteiger partial charge in [0.05, 0.1) is 32.5 Å². The minimum absolute atomic E-state index is 0.187. The van der Waals surface area contributed by atoms with Crippen molar-refractivity contribution < 1.29 is 33.2 Å². The van der Waals surface area contributed by atoms with Gasteiger partial charge in [0.25, 0.3) is 11.8 Å². The van der Waals surface area contributed by atoms with E-state index in [4.69, 9.17) is 4.74 Å². The average Bonchev–Trinajstić information content (AvgIpc) is 3.26.